The van der Waals surface area contributed by atoms with Crippen LogP contribution in [-0.4, -0.2) is 44.3 Å². The molecule has 10 heteroatoms. The van der Waals surface area contributed by atoms with E-state index < -0.39 is 34.3 Å². The van der Waals surface area contributed by atoms with Crippen LogP contribution in [0.2, 0.25) is 5.02 Å². The lowest BCUT2D eigenvalue weighted by atomic mass is 10.1. The number of nitrogens with zero attached hydrogens (tertiary/aromatic N) is 2. The molecule has 7 nitrogen and oxygen atoms in total. The van der Waals surface area contributed by atoms with Gasteiger partial charge in [0.05, 0.1) is 10.6 Å². The summed E-state index contributed by atoms with van der Waals surface area (Å²) in [6.07, 6.45) is 0.710. The molecule has 38 heavy (non-hydrogen) atoms. The fourth-order valence-electron chi connectivity index (χ4n) is 3.75. The van der Waals surface area contributed by atoms with Crippen LogP contribution in [0.5, 0.6) is 0 Å². The molecule has 0 aliphatic carbocycles. The predicted octanol–water partition coefficient (Wildman–Crippen LogP) is 4.93. The van der Waals surface area contributed by atoms with E-state index in [9.17, 15) is 22.4 Å². The summed E-state index contributed by atoms with van der Waals surface area (Å²) in [5.41, 5.74) is 1.55. The molecule has 0 radical (unpaired) electrons. The second kappa shape index (κ2) is 12.9. The fourth-order valence-corrected chi connectivity index (χ4v) is 5.35. The summed E-state index contributed by atoms with van der Waals surface area (Å²) in [5.74, 6) is -1.42. The van der Waals surface area contributed by atoms with Gasteiger partial charge in [-0.05, 0) is 67.8 Å². The first-order valence-electron chi connectivity index (χ1n) is 12.2. The molecule has 202 valence electrons. The van der Waals surface area contributed by atoms with Crippen molar-refractivity contribution in [2.24, 2.45) is 0 Å². The van der Waals surface area contributed by atoms with Gasteiger partial charge in [0.1, 0.15) is 18.4 Å². The van der Waals surface area contributed by atoms with E-state index in [4.69, 9.17) is 11.6 Å². The van der Waals surface area contributed by atoms with Gasteiger partial charge in [0.15, 0.2) is 0 Å². The first kappa shape index (κ1) is 29.1. The Morgan fingerprint density at radius 3 is 2.29 bits per heavy atom. The molecule has 1 atom stereocenters. The van der Waals surface area contributed by atoms with Gasteiger partial charge in [0.25, 0.3) is 10.0 Å². The monoisotopic (exact) mass is 559 g/mol. The minimum absolute atomic E-state index is 0.00307. The first-order valence-corrected chi connectivity index (χ1v) is 14.0. The minimum atomic E-state index is -4.17. The Bertz CT molecular complexity index is 1370. The SMILES string of the molecule is CCCNC(=O)[C@H](C)N(Cc1ccc(F)cc1)C(=O)CN(c1ccc(C)c(Cl)c1)S(=O)(=O)c1ccccc1. The van der Waals surface area contributed by atoms with Crippen molar-refractivity contribution in [1.29, 1.82) is 0 Å². The van der Waals surface area contributed by atoms with Crippen molar-refractivity contribution >= 4 is 39.1 Å². The summed E-state index contributed by atoms with van der Waals surface area (Å²) in [6.45, 7) is 5.10. The highest BCUT2D eigenvalue weighted by molar-refractivity contribution is 7.92. The molecule has 0 aliphatic rings. The van der Waals surface area contributed by atoms with E-state index in [2.05, 4.69) is 5.32 Å². The Balaban J connectivity index is 2.02. The normalized spacial score (nSPS) is 12.0. The number of aryl methyl sites for hydroxylation is 1. The highest BCUT2D eigenvalue weighted by Crippen LogP contribution is 2.28. The third-order valence-electron chi connectivity index (χ3n) is 6.04. The maximum absolute atomic E-state index is 13.8. The number of carbonyl (C=O) groups excluding carboxylic acids is 2. The summed E-state index contributed by atoms with van der Waals surface area (Å²) in [4.78, 5) is 27.9. The number of hydrogen-bond acceptors (Lipinski definition) is 4. The van der Waals surface area contributed by atoms with Gasteiger partial charge in [-0.15, -0.1) is 0 Å². The zero-order valence-electron chi connectivity index (χ0n) is 21.5. The molecule has 3 aromatic rings. The van der Waals surface area contributed by atoms with Gasteiger partial charge >= 0.3 is 0 Å². The molecule has 0 bridgehead atoms. The van der Waals surface area contributed by atoms with Crippen LogP contribution >= 0.6 is 11.6 Å². The Kier molecular flexibility index (Phi) is 9.88. The average Bonchev–Trinajstić information content (AvgIpc) is 2.91. The molecule has 0 spiro atoms. The second-order valence-electron chi connectivity index (χ2n) is 8.87. The Labute approximate surface area is 228 Å². The number of sulfonamides is 1. The lowest BCUT2D eigenvalue weighted by Crippen LogP contribution is -2.51. The number of hydrogen-bond donors (Lipinski definition) is 1. The van der Waals surface area contributed by atoms with Crippen LogP contribution in [0.3, 0.4) is 0 Å². The number of anilines is 1. The minimum Gasteiger partial charge on any atom is -0.354 e. The van der Waals surface area contributed by atoms with Crippen LogP contribution in [0, 0.1) is 12.7 Å². The van der Waals surface area contributed by atoms with Crippen molar-refractivity contribution in [3.8, 4) is 0 Å². The van der Waals surface area contributed by atoms with Crippen molar-refractivity contribution in [3.63, 3.8) is 0 Å². The molecule has 3 aromatic carbocycles. The Hall–Kier alpha value is -3.43. The number of rotatable bonds is 11. The third-order valence-corrected chi connectivity index (χ3v) is 8.23. The van der Waals surface area contributed by atoms with Crippen molar-refractivity contribution in [2.75, 3.05) is 17.4 Å². The van der Waals surface area contributed by atoms with E-state index in [1.54, 1.807) is 44.2 Å². The quantitative estimate of drug-likeness (QED) is 0.361. The first-order chi connectivity index (χ1) is 18.0. The number of carbonyl (C=O) groups is 2. The third kappa shape index (κ3) is 7.11. The molecule has 1 N–H and O–H groups in total. The maximum Gasteiger partial charge on any atom is 0.264 e. The van der Waals surface area contributed by atoms with E-state index in [0.717, 1.165) is 9.87 Å². The lowest BCUT2D eigenvalue weighted by molar-refractivity contribution is -0.139. The predicted molar refractivity (Wildman–Crippen MR) is 147 cm³/mol. The van der Waals surface area contributed by atoms with E-state index in [-0.39, 0.29) is 23.0 Å². The van der Waals surface area contributed by atoms with Crippen LogP contribution in [0.25, 0.3) is 0 Å². The second-order valence-corrected chi connectivity index (χ2v) is 11.1. The molecule has 0 saturated carbocycles. The Morgan fingerprint density at radius 2 is 1.68 bits per heavy atom. The van der Waals surface area contributed by atoms with E-state index in [1.165, 1.54) is 47.4 Å². The smallest absolute Gasteiger partial charge is 0.264 e. The van der Waals surface area contributed by atoms with Gasteiger partial charge in [0.2, 0.25) is 11.8 Å². The van der Waals surface area contributed by atoms with Gasteiger partial charge in [-0.2, -0.15) is 0 Å². The summed E-state index contributed by atoms with van der Waals surface area (Å²) in [7, 11) is -4.17. The fraction of sp³-hybridized carbons (Fsp3) is 0.286. The van der Waals surface area contributed by atoms with Gasteiger partial charge in [-0.25, -0.2) is 12.8 Å². The zero-order valence-corrected chi connectivity index (χ0v) is 23.1. The van der Waals surface area contributed by atoms with Gasteiger partial charge in [-0.3, -0.25) is 13.9 Å². The summed E-state index contributed by atoms with van der Waals surface area (Å²) in [6, 6.07) is 17.2. The molecular formula is C28H31ClFN3O4S. The molecular weight excluding hydrogens is 529 g/mol. The lowest BCUT2D eigenvalue weighted by Gasteiger charge is -2.32. The van der Waals surface area contributed by atoms with Crippen LogP contribution < -0.4 is 9.62 Å². The van der Waals surface area contributed by atoms with Gasteiger partial charge < -0.3 is 10.2 Å². The van der Waals surface area contributed by atoms with Crippen molar-refractivity contribution in [1.82, 2.24) is 10.2 Å². The van der Waals surface area contributed by atoms with Crippen molar-refractivity contribution in [2.45, 2.75) is 44.7 Å². The van der Waals surface area contributed by atoms with E-state index in [0.29, 0.717) is 23.6 Å². The van der Waals surface area contributed by atoms with Crippen LogP contribution in [-0.2, 0) is 26.2 Å². The number of amides is 2. The van der Waals surface area contributed by atoms with Crippen LogP contribution in [0.1, 0.15) is 31.4 Å². The highest BCUT2D eigenvalue weighted by Gasteiger charge is 2.32. The number of nitrogens with one attached hydrogen (secondary N) is 1. The molecule has 0 unspecified atom stereocenters. The topological polar surface area (TPSA) is 86.8 Å². The molecule has 0 aromatic heterocycles. The van der Waals surface area contributed by atoms with Gasteiger partial charge in [0, 0.05) is 18.1 Å². The molecule has 0 saturated heterocycles. The van der Waals surface area contributed by atoms with E-state index >= 15 is 0 Å². The van der Waals surface area contributed by atoms with E-state index in [1.807, 2.05) is 6.92 Å². The molecule has 0 heterocycles. The van der Waals surface area contributed by atoms with Crippen molar-refractivity contribution < 1.29 is 22.4 Å². The van der Waals surface area contributed by atoms with Crippen LogP contribution in [0.4, 0.5) is 10.1 Å². The average molecular weight is 560 g/mol. The van der Waals surface area contributed by atoms with Crippen LogP contribution in [0.15, 0.2) is 77.7 Å². The highest BCUT2D eigenvalue weighted by atomic mass is 35.5. The molecule has 2 amide bonds. The van der Waals surface area contributed by atoms with Gasteiger partial charge in [-0.1, -0.05) is 54.9 Å². The number of benzene rings is 3. The summed E-state index contributed by atoms with van der Waals surface area (Å²) >= 11 is 6.31. The zero-order chi connectivity index (χ0) is 27.9. The maximum atomic E-state index is 13.8. The Morgan fingerprint density at radius 1 is 1.03 bits per heavy atom. The standard InChI is InChI=1S/C28H31ClFN3O4S/c1-4-16-31-28(35)21(3)32(18-22-11-13-23(30)14-12-22)27(34)19-33(24-15-10-20(2)26(29)17-24)38(36,37)25-8-6-5-7-9-25/h5-15,17,21H,4,16,18-19H2,1-3H3,(H,31,35)/t21-/m0/s1. The summed E-state index contributed by atoms with van der Waals surface area (Å²) < 4.78 is 41.9. The van der Waals surface area contributed by atoms with Crippen molar-refractivity contribution in [3.05, 3.63) is 94.8 Å². The molecule has 3 rings (SSSR count). The molecule has 0 fully saturated rings. The number of halogens is 2. The largest absolute Gasteiger partial charge is 0.354 e. The summed E-state index contributed by atoms with van der Waals surface area (Å²) in [5, 5.41) is 3.12. The molecule has 0 aliphatic heterocycles.